The van der Waals surface area contributed by atoms with Gasteiger partial charge in [-0.05, 0) is 43.5 Å². The number of piperidine rings is 1. The lowest BCUT2D eigenvalue weighted by atomic mass is 9.96. The highest BCUT2D eigenvalue weighted by Crippen LogP contribution is 2.38. The first-order valence-electron chi connectivity index (χ1n) is 11.7. The number of phenols is 1. The molecule has 180 valence electrons. The van der Waals surface area contributed by atoms with Gasteiger partial charge in [0.15, 0.2) is 0 Å². The number of carbonyl (C=O) groups excluding carboxylic acids is 1. The molecule has 1 aliphatic rings. The van der Waals surface area contributed by atoms with Gasteiger partial charge in [0.1, 0.15) is 28.8 Å². The van der Waals surface area contributed by atoms with Crippen LogP contribution in [-0.4, -0.2) is 39.1 Å². The monoisotopic (exact) mass is 496 g/mol. The van der Waals surface area contributed by atoms with E-state index in [-0.39, 0.29) is 23.1 Å². The average Bonchev–Trinajstić information content (AvgIpc) is 3.55. The molecule has 0 spiro atoms. The van der Waals surface area contributed by atoms with Crippen molar-refractivity contribution in [1.82, 2.24) is 15.0 Å². The molecule has 36 heavy (non-hydrogen) atoms. The molecule has 7 nitrogen and oxygen atoms in total. The zero-order chi connectivity index (χ0) is 25.1. The Morgan fingerprint density at radius 3 is 2.58 bits per heavy atom. The molecule has 1 fully saturated rings. The standard InChI is InChI=1S/C28H24N4O3S/c1-18-25(26(31-35-18)20-5-3-2-4-6-20)24-17-36-27(30-24)21-11-13-32(14-12-21)28(34)22(16-29)15-19-7-9-23(33)10-8-19/h2-10,15,17,21,33H,11-14H2,1H3/b22-15+. The van der Waals surface area contributed by atoms with Crippen molar-refractivity contribution < 1.29 is 14.4 Å². The van der Waals surface area contributed by atoms with E-state index in [1.165, 1.54) is 12.1 Å². The van der Waals surface area contributed by atoms with Crippen LogP contribution in [0.3, 0.4) is 0 Å². The van der Waals surface area contributed by atoms with Crippen LogP contribution in [0.4, 0.5) is 0 Å². The first-order chi connectivity index (χ1) is 17.5. The Morgan fingerprint density at radius 1 is 1.17 bits per heavy atom. The summed E-state index contributed by atoms with van der Waals surface area (Å²) in [7, 11) is 0. The average molecular weight is 497 g/mol. The third-order valence-electron chi connectivity index (χ3n) is 6.37. The van der Waals surface area contributed by atoms with Crippen LogP contribution in [0, 0.1) is 18.3 Å². The summed E-state index contributed by atoms with van der Waals surface area (Å²) < 4.78 is 5.51. The van der Waals surface area contributed by atoms with E-state index in [9.17, 15) is 15.2 Å². The molecule has 0 bridgehead atoms. The summed E-state index contributed by atoms with van der Waals surface area (Å²) in [4.78, 5) is 19.6. The van der Waals surface area contributed by atoms with Crippen LogP contribution in [0.15, 0.2) is 70.1 Å². The fourth-order valence-electron chi connectivity index (χ4n) is 4.44. The molecule has 5 rings (SSSR count). The lowest BCUT2D eigenvalue weighted by molar-refractivity contribution is -0.127. The van der Waals surface area contributed by atoms with Crippen molar-refractivity contribution in [2.24, 2.45) is 0 Å². The quantitative estimate of drug-likeness (QED) is 0.277. The number of hydrogen-bond acceptors (Lipinski definition) is 7. The van der Waals surface area contributed by atoms with Gasteiger partial charge in [-0.2, -0.15) is 5.26 Å². The van der Waals surface area contributed by atoms with E-state index in [2.05, 4.69) is 5.16 Å². The summed E-state index contributed by atoms with van der Waals surface area (Å²) in [5.74, 6) is 0.853. The number of aromatic hydroxyl groups is 1. The Kier molecular flexibility index (Phi) is 6.65. The normalized spacial score (nSPS) is 14.6. The van der Waals surface area contributed by atoms with Crippen LogP contribution >= 0.6 is 11.3 Å². The highest BCUT2D eigenvalue weighted by molar-refractivity contribution is 7.10. The predicted molar refractivity (Wildman–Crippen MR) is 138 cm³/mol. The first kappa shape index (κ1) is 23.5. The van der Waals surface area contributed by atoms with Crippen LogP contribution in [0.1, 0.15) is 35.1 Å². The third-order valence-corrected chi connectivity index (χ3v) is 7.38. The highest BCUT2D eigenvalue weighted by Gasteiger charge is 2.28. The summed E-state index contributed by atoms with van der Waals surface area (Å²) in [5, 5.41) is 26.4. The summed E-state index contributed by atoms with van der Waals surface area (Å²) in [5.41, 5.74) is 4.33. The molecule has 2 aromatic carbocycles. The second kappa shape index (κ2) is 10.2. The Hall–Kier alpha value is -4.22. The number of aryl methyl sites for hydroxylation is 1. The van der Waals surface area contributed by atoms with E-state index in [1.54, 1.807) is 34.4 Å². The molecule has 0 unspecified atom stereocenters. The molecule has 0 aliphatic carbocycles. The van der Waals surface area contributed by atoms with Gasteiger partial charge in [-0.25, -0.2) is 4.98 Å². The summed E-state index contributed by atoms with van der Waals surface area (Å²) in [6.45, 7) is 3.03. The molecule has 0 radical (unpaired) electrons. The Balaban J connectivity index is 1.28. The maximum Gasteiger partial charge on any atom is 0.264 e. The topological polar surface area (TPSA) is 103 Å². The van der Waals surface area contributed by atoms with Crippen LogP contribution < -0.4 is 0 Å². The van der Waals surface area contributed by atoms with Crippen LogP contribution in [-0.2, 0) is 4.79 Å². The molecule has 1 N–H and O–H groups in total. The lowest BCUT2D eigenvalue weighted by Gasteiger charge is -2.31. The van der Waals surface area contributed by atoms with Crippen molar-refractivity contribution in [3.63, 3.8) is 0 Å². The van der Waals surface area contributed by atoms with Crippen molar-refractivity contribution in [3.8, 4) is 34.3 Å². The Bertz CT molecular complexity index is 1440. The Morgan fingerprint density at radius 2 is 1.89 bits per heavy atom. The summed E-state index contributed by atoms with van der Waals surface area (Å²) >= 11 is 1.62. The van der Waals surface area contributed by atoms with E-state index >= 15 is 0 Å². The second-order valence-corrected chi connectivity index (χ2v) is 9.62. The number of nitriles is 1. The molecule has 3 heterocycles. The van der Waals surface area contributed by atoms with E-state index < -0.39 is 0 Å². The number of rotatable bonds is 5. The van der Waals surface area contributed by atoms with E-state index in [0.717, 1.165) is 46.1 Å². The maximum atomic E-state index is 13.0. The molecule has 1 amide bonds. The molecule has 8 heteroatoms. The van der Waals surface area contributed by atoms with Gasteiger partial charge < -0.3 is 14.5 Å². The van der Waals surface area contributed by atoms with Crippen molar-refractivity contribution in [1.29, 1.82) is 5.26 Å². The predicted octanol–water partition coefficient (Wildman–Crippen LogP) is 5.79. The fraction of sp³-hybridized carbons (Fsp3) is 0.214. The number of likely N-dealkylation sites (tertiary alicyclic amines) is 1. The van der Waals surface area contributed by atoms with Crippen LogP contribution in [0.25, 0.3) is 28.6 Å². The van der Waals surface area contributed by atoms with Gasteiger partial charge >= 0.3 is 0 Å². The minimum atomic E-state index is -0.267. The van der Waals surface area contributed by atoms with Gasteiger partial charge in [-0.15, -0.1) is 11.3 Å². The van der Waals surface area contributed by atoms with Crippen molar-refractivity contribution in [3.05, 3.63) is 81.9 Å². The third kappa shape index (κ3) is 4.79. The van der Waals surface area contributed by atoms with E-state index in [0.29, 0.717) is 18.7 Å². The smallest absolute Gasteiger partial charge is 0.264 e. The molecule has 2 aromatic heterocycles. The van der Waals surface area contributed by atoms with Crippen molar-refractivity contribution >= 4 is 23.3 Å². The Labute approximate surface area is 212 Å². The SMILES string of the molecule is Cc1onc(-c2ccccc2)c1-c1csc(C2CCN(C(=O)/C(C#N)=C/c3ccc(O)cc3)CC2)n1. The number of amides is 1. The largest absolute Gasteiger partial charge is 0.508 e. The number of aromatic nitrogens is 2. The summed E-state index contributed by atoms with van der Waals surface area (Å²) in [6, 6.07) is 18.4. The molecule has 0 saturated carbocycles. The minimum absolute atomic E-state index is 0.0899. The van der Waals surface area contributed by atoms with Gasteiger partial charge in [-0.1, -0.05) is 47.6 Å². The number of phenolic OH excluding ortho intramolecular Hbond substituents is 1. The lowest BCUT2D eigenvalue weighted by Crippen LogP contribution is -2.38. The fourth-order valence-corrected chi connectivity index (χ4v) is 5.42. The number of hydrogen-bond donors (Lipinski definition) is 1. The van der Waals surface area contributed by atoms with Crippen molar-refractivity contribution in [2.45, 2.75) is 25.7 Å². The summed E-state index contributed by atoms with van der Waals surface area (Å²) in [6.07, 6.45) is 3.13. The van der Waals surface area contributed by atoms with Gasteiger partial charge in [-0.3, -0.25) is 4.79 Å². The van der Waals surface area contributed by atoms with Gasteiger partial charge in [0, 0.05) is 30.0 Å². The minimum Gasteiger partial charge on any atom is -0.508 e. The molecular weight excluding hydrogens is 472 g/mol. The first-order valence-corrected chi connectivity index (χ1v) is 12.6. The van der Waals surface area contributed by atoms with Crippen molar-refractivity contribution in [2.75, 3.05) is 13.1 Å². The maximum absolute atomic E-state index is 13.0. The van der Waals surface area contributed by atoms with Gasteiger partial charge in [0.05, 0.1) is 16.3 Å². The van der Waals surface area contributed by atoms with Crippen LogP contribution in [0.5, 0.6) is 5.75 Å². The second-order valence-electron chi connectivity index (χ2n) is 8.73. The number of thiazole rings is 1. The van der Waals surface area contributed by atoms with E-state index in [4.69, 9.17) is 9.51 Å². The number of carbonyl (C=O) groups is 1. The molecule has 0 atom stereocenters. The zero-order valence-corrected chi connectivity index (χ0v) is 20.5. The zero-order valence-electron chi connectivity index (χ0n) is 19.7. The molecule has 4 aromatic rings. The van der Waals surface area contributed by atoms with Gasteiger partial charge in [0.25, 0.3) is 5.91 Å². The molecule has 1 aliphatic heterocycles. The molecular formula is C28H24N4O3S. The number of nitrogens with zero attached hydrogens (tertiary/aromatic N) is 4. The van der Waals surface area contributed by atoms with E-state index in [1.807, 2.05) is 48.7 Å². The highest BCUT2D eigenvalue weighted by atomic mass is 32.1. The van der Waals surface area contributed by atoms with Crippen LogP contribution in [0.2, 0.25) is 0 Å². The number of benzene rings is 2. The molecule has 1 saturated heterocycles. The van der Waals surface area contributed by atoms with Gasteiger partial charge in [0.2, 0.25) is 0 Å².